The van der Waals surface area contributed by atoms with Crippen LogP contribution in [0.4, 0.5) is 5.69 Å². The van der Waals surface area contributed by atoms with Gasteiger partial charge >= 0.3 is 5.97 Å². The van der Waals surface area contributed by atoms with Crippen LogP contribution in [0.1, 0.15) is 5.56 Å². The summed E-state index contributed by atoms with van der Waals surface area (Å²) in [5.41, 5.74) is 1.10. The molecule has 8 heteroatoms. The Bertz CT molecular complexity index is 881. The maximum atomic E-state index is 12.0. The monoisotopic (exact) mass is 405 g/mol. The first kappa shape index (κ1) is 21.1. The number of halogens is 1. The second kappa shape index (κ2) is 10.2. The Kier molecular flexibility index (Phi) is 7.71. The number of carbonyl (C=O) groups is 2. The first-order chi connectivity index (χ1) is 13.5. The minimum Gasteiger partial charge on any atom is -0.495 e. The fraction of sp³-hybridized carbons (Fsp3) is 0.200. The lowest BCUT2D eigenvalue weighted by Gasteiger charge is -2.10. The van der Waals surface area contributed by atoms with E-state index < -0.39 is 18.5 Å². The number of rotatable bonds is 8. The predicted molar refractivity (Wildman–Crippen MR) is 106 cm³/mol. The van der Waals surface area contributed by atoms with Crippen molar-refractivity contribution < 1.29 is 28.5 Å². The van der Waals surface area contributed by atoms with Crippen LogP contribution in [-0.4, -0.2) is 39.8 Å². The van der Waals surface area contributed by atoms with Gasteiger partial charge in [-0.1, -0.05) is 17.7 Å². The summed E-state index contributed by atoms with van der Waals surface area (Å²) in [6, 6.07) is 9.97. The van der Waals surface area contributed by atoms with Crippen molar-refractivity contribution in [2.24, 2.45) is 0 Å². The maximum absolute atomic E-state index is 12.0. The number of esters is 1. The highest BCUT2D eigenvalue weighted by atomic mass is 35.5. The van der Waals surface area contributed by atoms with Crippen LogP contribution in [0.3, 0.4) is 0 Å². The Morgan fingerprint density at radius 2 is 1.64 bits per heavy atom. The molecule has 0 saturated heterocycles. The number of nitrogens with one attached hydrogen (secondary N) is 1. The molecule has 0 aromatic heterocycles. The zero-order valence-electron chi connectivity index (χ0n) is 15.7. The topological polar surface area (TPSA) is 83.1 Å². The molecule has 0 aliphatic rings. The van der Waals surface area contributed by atoms with Gasteiger partial charge in [0.15, 0.2) is 18.1 Å². The number of hydrogen-bond donors (Lipinski definition) is 1. The van der Waals surface area contributed by atoms with Crippen molar-refractivity contribution in [3.63, 3.8) is 0 Å². The third-order valence-electron chi connectivity index (χ3n) is 3.60. The van der Waals surface area contributed by atoms with Gasteiger partial charge in [-0.2, -0.15) is 0 Å². The summed E-state index contributed by atoms with van der Waals surface area (Å²) in [6.07, 6.45) is 2.76. The Labute approximate surface area is 167 Å². The summed E-state index contributed by atoms with van der Waals surface area (Å²) in [7, 11) is 4.53. The highest BCUT2D eigenvalue weighted by Gasteiger charge is 2.10. The lowest BCUT2D eigenvalue weighted by molar-refractivity contribution is -0.142. The van der Waals surface area contributed by atoms with E-state index >= 15 is 0 Å². The summed E-state index contributed by atoms with van der Waals surface area (Å²) < 4.78 is 20.4. The second-order valence-corrected chi connectivity index (χ2v) is 5.88. The molecule has 0 bridgehead atoms. The number of methoxy groups -OCH3 is 3. The van der Waals surface area contributed by atoms with Crippen molar-refractivity contribution >= 4 is 35.2 Å². The van der Waals surface area contributed by atoms with E-state index in [0.29, 0.717) is 33.5 Å². The molecule has 0 heterocycles. The van der Waals surface area contributed by atoms with Crippen LogP contribution in [0.15, 0.2) is 42.5 Å². The van der Waals surface area contributed by atoms with Crippen LogP contribution >= 0.6 is 11.6 Å². The lowest BCUT2D eigenvalue weighted by atomic mass is 10.2. The van der Waals surface area contributed by atoms with Crippen LogP contribution in [0.25, 0.3) is 6.08 Å². The molecular weight excluding hydrogens is 386 g/mol. The number of amides is 1. The van der Waals surface area contributed by atoms with Crippen molar-refractivity contribution in [3.05, 3.63) is 53.1 Å². The van der Waals surface area contributed by atoms with Crippen LogP contribution in [0.5, 0.6) is 17.2 Å². The van der Waals surface area contributed by atoms with E-state index in [9.17, 15) is 9.59 Å². The van der Waals surface area contributed by atoms with Gasteiger partial charge < -0.3 is 24.3 Å². The second-order valence-electron chi connectivity index (χ2n) is 5.45. The third-order valence-corrected chi connectivity index (χ3v) is 3.84. The van der Waals surface area contributed by atoms with Gasteiger partial charge in [-0.15, -0.1) is 0 Å². The largest absolute Gasteiger partial charge is 0.495 e. The average molecular weight is 406 g/mol. The van der Waals surface area contributed by atoms with Gasteiger partial charge in [0.2, 0.25) is 0 Å². The minimum atomic E-state index is -0.664. The highest BCUT2D eigenvalue weighted by molar-refractivity contribution is 6.31. The third kappa shape index (κ3) is 5.92. The molecular formula is C20H20ClNO6. The summed E-state index contributed by atoms with van der Waals surface area (Å²) in [5, 5.41) is 3.02. The van der Waals surface area contributed by atoms with Gasteiger partial charge in [0, 0.05) is 11.1 Å². The van der Waals surface area contributed by atoms with E-state index in [1.807, 2.05) is 0 Å². The van der Waals surface area contributed by atoms with Crippen molar-refractivity contribution in [1.82, 2.24) is 0 Å². The van der Waals surface area contributed by atoms with Crippen molar-refractivity contribution in [2.45, 2.75) is 0 Å². The smallest absolute Gasteiger partial charge is 0.331 e. The molecule has 0 spiro atoms. The fourth-order valence-corrected chi connectivity index (χ4v) is 2.44. The van der Waals surface area contributed by atoms with Gasteiger partial charge in [0.05, 0.1) is 27.0 Å². The SMILES string of the molecule is COc1ccc(Cl)cc1NC(=O)COC(=O)/C=C/c1ccc(OC)c(OC)c1. The summed E-state index contributed by atoms with van der Waals surface area (Å²) in [4.78, 5) is 23.8. The molecule has 1 N–H and O–H groups in total. The Hall–Kier alpha value is -3.19. The first-order valence-corrected chi connectivity index (χ1v) is 8.55. The molecule has 7 nitrogen and oxygen atoms in total. The Morgan fingerprint density at radius 3 is 2.32 bits per heavy atom. The maximum Gasteiger partial charge on any atom is 0.331 e. The van der Waals surface area contributed by atoms with Crippen molar-refractivity contribution in [1.29, 1.82) is 0 Å². The fourth-order valence-electron chi connectivity index (χ4n) is 2.27. The van der Waals surface area contributed by atoms with Gasteiger partial charge in [-0.25, -0.2) is 4.79 Å². The van der Waals surface area contributed by atoms with Crippen molar-refractivity contribution in [2.75, 3.05) is 33.3 Å². The van der Waals surface area contributed by atoms with E-state index in [0.717, 1.165) is 0 Å². The molecule has 0 aliphatic carbocycles. The zero-order valence-corrected chi connectivity index (χ0v) is 16.4. The molecule has 2 aromatic carbocycles. The molecule has 0 unspecified atom stereocenters. The molecule has 2 rings (SSSR count). The molecule has 0 fully saturated rings. The van der Waals surface area contributed by atoms with Gasteiger partial charge in [-0.3, -0.25) is 4.79 Å². The Morgan fingerprint density at radius 1 is 0.964 bits per heavy atom. The highest BCUT2D eigenvalue weighted by Crippen LogP contribution is 2.28. The van der Waals surface area contributed by atoms with Gasteiger partial charge in [-0.05, 0) is 42.0 Å². The van der Waals surface area contributed by atoms with Crippen LogP contribution in [0.2, 0.25) is 5.02 Å². The van der Waals surface area contributed by atoms with Gasteiger partial charge in [0.25, 0.3) is 5.91 Å². The summed E-state index contributed by atoms with van der Waals surface area (Å²) in [5.74, 6) is 0.372. The number of hydrogen-bond acceptors (Lipinski definition) is 6. The van der Waals surface area contributed by atoms with E-state index in [1.54, 1.807) is 36.4 Å². The van der Waals surface area contributed by atoms with Crippen LogP contribution < -0.4 is 19.5 Å². The van der Waals surface area contributed by atoms with E-state index in [1.165, 1.54) is 33.5 Å². The number of carbonyl (C=O) groups excluding carboxylic acids is 2. The zero-order chi connectivity index (χ0) is 20.5. The van der Waals surface area contributed by atoms with E-state index in [4.69, 9.17) is 30.5 Å². The first-order valence-electron chi connectivity index (χ1n) is 8.17. The number of benzene rings is 2. The molecule has 1 amide bonds. The predicted octanol–water partition coefficient (Wildman–Crippen LogP) is 3.56. The molecule has 2 aromatic rings. The molecule has 0 radical (unpaired) electrons. The molecule has 0 atom stereocenters. The standard InChI is InChI=1S/C20H20ClNO6/c1-25-16-8-6-14(21)11-15(16)22-19(23)12-28-20(24)9-5-13-4-7-17(26-2)18(10-13)27-3/h4-11H,12H2,1-3H3,(H,22,23)/b9-5+. The van der Waals surface area contributed by atoms with Crippen molar-refractivity contribution in [3.8, 4) is 17.2 Å². The number of ether oxygens (including phenoxy) is 4. The summed E-state index contributed by atoms with van der Waals surface area (Å²) in [6.45, 7) is -0.454. The van der Waals surface area contributed by atoms with Gasteiger partial charge in [0.1, 0.15) is 5.75 Å². The normalized spacial score (nSPS) is 10.4. The van der Waals surface area contributed by atoms with Crippen LogP contribution in [0, 0.1) is 0 Å². The van der Waals surface area contributed by atoms with Crippen LogP contribution in [-0.2, 0) is 14.3 Å². The summed E-state index contributed by atoms with van der Waals surface area (Å²) >= 11 is 5.91. The molecule has 0 saturated carbocycles. The quantitative estimate of drug-likeness (QED) is 0.534. The molecule has 148 valence electrons. The van der Waals surface area contributed by atoms with E-state index in [2.05, 4.69) is 5.32 Å². The lowest BCUT2D eigenvalue weighted by Crippen LogP contribution is -2.20. The average Bonchev–Trinajstić information content (AvgIpc) is 2.70. The van der Waals surface area contributed by atoms with E-state index in [-0.39, 0.29) is 0 Å². The Balaban J connectivity index is 1.91. The molecule has 0 aliphatic heterocycles. The minimum absolute atomic E-state index is 0.386. The number of anilines is 1. The molecule has 28 heavy (non-hydrogen) atoms.